The zero-order chi connectivity index (χ0) is 22.3. The van der Waals surface area contributed by atoms with E-state index in [4.69, 9.17) is 0 Å². The topological polar surface area (TPSA) is 49.9 Å². The van der Waals surface area contributed by atoms with Crippen molar-refractivity contribution in [1.82, 2.24) is 4.98 Å². The molecule has 30 heavy (non-hydrogen) atoms. The van der Waals surface area contributed by atoms with Gasteiger partial charge in [0.15, 0.2) is 11.2 Å². The summed E-state index contributed by atoms with van der Waals surface area (Å²) in [5.41, 5.74) is 4.51. The smallest absolute Gasteiger partial charge is 0.197 e. The van der Waals surface area contributed by atoms with Crippen molar-refractivity contribution in [3.63, 3.8) is 0 Å². The molecule has 0 atom stereocenters. The van der Waals surface area contributed by atoms with Crippen LogP contribution in [0.25, 0.3) is 21.8 Å². The first-order valence-electron chi connectivity index (χ1n) is 10.6. The summed E-state index contributed by atoms with van der Waals surface area (Å²) < 4.78 is 0. The molecule has 1 aromatic heterocycles. The molecule has 156 valence electrons. The van der Waals surface area contributed by atoms with Gasteiger partial charge in [-0.3, -0.25) is 9.59 Å². The van der Waals surface area contributed by atoms with Crippen LogP contribution in [0.2, 0.25) is 0 Å². The third kappa shape index (κ3) is 4.68. The van der Waals surface area contributed by atoms with Gasteiger partial charge in [0.1, 0.15) is 0 Å². The van der Waals surface area contributed by atoms with Gasteiger partial charge in [-0.25, -0.2) is 0 Å². The van der Waals surface area contributed by atoms with Crippen LogP contribution in [-0.2, 0) is 0 Å². The second-order valence-corrected chi connectivity index (χ2v) is 7.06. The van der Waals surface area contributed by atoms with Crippen LogP contribution in [0.4, 0.5) is 0 Å². The SMILES string of the molecule is CC.CCC.Cc1ccccc1C(=O)c1cc2[nH]c3ccccc3c(=O)c2cc1C. The number of carbonyl (C=O) groups excluding carboxylic acids is 1. The molecule has 0 bridgehead atoms. The van der Waals surface area contributed by atoms with Gasteiger partial charge in [-0.15, -0.1) is 0 Å². The highest BCUT2D eigenvalue weighted by molar-refractivity contribution is 6.12. The average Bonchev–Trinajstić information content (AvgIpc) is 2.76. The zero-order valence-corrected chi connectivity index (χ0v) is 18.8. The molecule has 0 spiro atoms. The van der Waals surface area contributed by atoms with Gasteiger partial charge >= 0.3 is 0 Å². The Balaban J connectivity index is 0.000000590. The predicted octanol–water partition coefficient (Wildman–Crippen LogP) is 6.97. The molecule has 0 aliphatic carbocycles. The molecule has 3 heteroatoms. The Bertz CT molecular complexity index is 1220. The highest BCUT2D eigenvalue weighted by Gasteiger charge is 2.16. The summed E-state index contributed by atoms with van der Waals surface area (Å²) >= 11 is 0. The van der Waals surface area contributed by atoms with Gasteiger partial charge in [0.25, 0.3) is 0 Å². The number of fused-ring (bicyclic) bond motifs is 2. The number of pyridine rings is 1. The monoisotopic (exact) mass is 401 g/mol. The number of H-pyrrole nitrogens is 1. The third-order valence-electron chi connectivity index (χ3n) is 4.68. The van der Waals surface area contributed by atoms with Crippen LogP contribution in [0.15, 0.2) is 65.5 Å². The Hall–Kier alpha value is -3.20. The van der Waals surface area contributed by atoms with Crippen molar-refractivity contribution in [1.29, 1.82) is 0 Å². The Morgan fingerprint density at radius 2 is 1.37 bits per heavy atom. The summed E-state index contributed by atoms with van der Waals surface area (Å²) in [4.78, 5) is 29.0. The molecule has 0 radical (unpaired) electrons. The number of para-hydroxylation sites is 1. The second-order valence-electron chi connectivity index (χ2n) is 7.06. The summed E-state index contributed by atoms with van der Waals surface area (Å²) in [6.07, 6.45) is 1.25. The number of benzene rings is 3. The summed E-state index contributed by atoms with van der Waals surface area (Å²) in [6.45, 7) is 12.1. The Kier molecular flexibility index (Phi) is 8.11. The van der Waals surface area contributed by atoms with E-state index in [0.29, 0.717) is 27.4 Å². The molecule has 0 aliphatic rings. The van der Waals surface area contributed by atoms with Crippen LogP contribution in [0.3, 0.4) is 0 Å². The van der Waals surface area contributed by atoms with Crippen molar-refractivity contribution >= 4 is 27.6 Å². The molecule has 0 aliphatic heterocycles. The zero-order valence-electron chi connectivity index (χ0n) is 18.8. The maximum Gasteiger partial charge on any atom is 0.197 e. The van der Waals surface area contributed by atoms with E-state index in [-0.39, 0.29) is 11.2 Å². The van der Waals surface area contributed by atoms with Gasteiger partial charge in [-0.2, -0.15) is 0 Å². The van der Waals surface area contributed by atoms with E-state index in [1.54, 1.807) is 6.07 Å². The van der Waals surface area contributed by atoms with Crippen molar-refractivity contribution in [2.75, 3.05) is 0 Å². The fraction of sp³-hybridized carbons (Fsp3) is 0.259. The molecule has 4 aromatic rings. The average molecular weight is 402 g/mol. The molecule has 3 aromatic carbocycles. The molecular weight excluding hydrogens is 370 g/mol. The fourth-order valence-electron chi connectivity index (χ4n) is 3.30. The van der Waals surface area contributed by atoms with E-state index in [9.17, 15) is 9.59 Å². The van der Waals surface area contributed by atoms with Gasteiger partial charge in [0.2, 0.25) is 0 Å². The van der Waals surface area contributed by atoms with Crippen LogP contribution in [0, 0.1) is 13.8 Å². The lowest BCUT2D eigenvalue weighted by atomic mass is 9.94. The van der Waals surface area contributed by atoms with Crippen molar-refractivity contribution in [3.05, 3.63) is 93.1 Å². The van der Waals surface area contributed by atoms with Crippen LogP contribution in [0.1, 0.15) is 61.2 Å². The van der Waals surface area contributed by atoms with E-state index in [1.165, 1.54) is 6.42 Å². The van der Waals surface area contributed by atoms with Crippen LogP contribution >= 0.6 is 0 Å². The summed E-state index contributed by atoms with van der Waals surface area (Å²) in [5, 5.41) is 1.27. The number of hydrogen-bond acceptors (Lipinski definition) is 2. The summed E-state index contributed by atoms with van der Waals surface area (Å²) in [6, 6.07) is 18.6. The van der Waals surface area contributed by atoms with Gasteiger partial charge in [-0.05, 0) is 49.2 Å². The van der Waals surface area contributed by atoms with Crippen molar-refractivity contribution in [2.24, 2.45) is 0 Å². The molecule has 0 unspecified atom stereocenters. The molecule has 1 heterocycles. The first kappa shape index (κ1) is 23.1. The van der Waals surface area contributed by atoms with Crippen LogP contribution < -0.4 is 5.43 Å². The number of aromatic nitrogens is 1. The van der Waals surface area contributed by atoms with Gasteiger partial charge in [-0.1, -0.05) is 70.5 Å². The quantitative estimate of drug-likeness (QED) is 0.291. The minimum atomic E-state index is -0.0218. The standard InChI is InChI=1S/C22H17NO2.C3H8.C2H6/c1-13-7-3-4-8-15(13)21(24)17-12-20-18(11-14(17)2)22(25)16-9-5-6-10-19(16)23-20;1-3-2;1-2/h3-12H,1-2H3,(H,23,25);3H2,1-2H3;1-2H3. The third-order valence-corrected chi connectivity index (χ3v) is 4.68. The van der Waals surface area contributed by atoms with Gasteiger partial charge in [0.05, 0.1) is 5.52 Å². The first-order valence-corrected chi connectivity index (χ1v) is 10.6. The Morgan fingerprint density at radius 3 is 2.03 bits per heavy atom. The second kappa shape index (κ2) is 10.5. The lowest BCUT2D eigenvalue weighted by molar-refractivity contribution is 0.103. The lowest BCUT2D eigenvalue weighted by Crippen LogP contribution is -2.09. The minimum absolute atomic E-state index is 0.0117. The minimum Gasteiger partial charge on any atom is -0.354 e. The van der Waals surface area contributed by atoms with Crippen molar-refractivity contribution in [3.8, 4) is 0 Å². The maximum atomic E-state index is 13.0. The van der Waals surface area contributed by atoms with E-state index < -0.39 is 0 Å². The number of nitrogens with one attached hydrogen (secondary N) is 1. The summed E-state index contributed by atoms with van der Waals surface area (Å²) in [7, 11) is 0. The predicted molar refractivity (Wildman–Crippen MR) is 129 cm³/mol. The molecular formula is C27H31NO2. The number of hydrogen-bond donors (Lipinski definition) is 1. The molecule has 0 saturated heterocycles. The van der Waals surface area contributed by atoms with Crippen LogP contribution in [0.5, 0.6) is 0 Å². The first-order chi connectivity index (χ1) is 14.5. The number of ketones is 1. The number of carbonyl (C=O) groups is 1. The van der Waals surface area contributed by atoms with E-state index >= 15 is 0 Å². The molecule has 4 rings (SSSR count). The van der Waals surface area contributed by atoms with Crippen LogP contribution in [-0.4, -0.2) is 10.8 Å². The Morgan fingerprint density at radius 1 is 0.767 bits per heavy atom. The molecule has 1 N–H and O–H groups in total. The molecule has 0 saturated carbocycles. The van der Waals surface area contributed by atoms with E-state index in [1.807, 2.05) is 82.3 Å². The number of aromatic amines is 1. The highest BCUT2D eigenvalue weighted by atomic mass is 16.1. The Labute approximate surface area is 178 Å². The lowest BCUT2D eigenvalue weighted by Gasteiger charge is -2.10. The largest absolute Gasteiger partial charge is 0.354 e. The molecule has 0 amide bonds. The number of rotatable bonds is 2. The van der Waals surface area contributed by atoms with Gasteiger partial charge in [0, 0.05) is 27.4 Å². The molecule has 3 nitrogen and oxygen atoms in total. The van der Waals surface area contributed by atoms with Crippen molar-refractivity contribution in [2.45, 2.75) is 48.0 Å². The fourth-order valence-corrected chi connectivity index (χ4v) is 3.30. The number of aryl methyl sites for hydroxylation is 2. The highest BCUT2D eigenvalue weighted by Crippen LogP contribution is 2.22. The molecule has 0 fully saturated rings. The maximum absolute atomic E-state index is 13.0. The van der Waals surface area contributed by atoms with E-state index in [2.05, 4.69) is 18.8 Å². The summed E-state index contributed by atoms with van der Waals surface area (Å²) in [5.74, 6) is -0.0218. The van der Waals surface area contributed by atoms with Crippen molar-refractivity contribution < 1.29 is 4.79 Å². The van der Waals surface area contributed by atoms with Gasteiger partial charge < -0.3 is 4.98 Å². The normalized spacial score (nSPS) is 10.1. The van der Waals surface area contributed by atoms with E-state index in [0.717, 1.165) is 16.6 Å².